The number of nitrogens with two attached hydrogens (primary N) is 1. The number of rotatable bonds is 2. The van der Waals surface area contributed by atoms with E-state index in [1.54, 1.807) is 0 Å². The van der Waals surface area contributed by atoms with Gasteiger partial charge in [-0.2, -0.15) is 5.26 Å². The molecule has 2 heterocycles. The van der Waals surface area contributed by atoms with Crippen LogP contribution in [0.15, 0.2) is 6.07 Å². The Morgan fingerprint density at radius 1 is 1.53 bits per heavy atom. The van der Waals surface area contributed by atoms with E-state index < -0.39 is 0 Å². The highest BCUT2D eigenvalue weighted by Gasteiger charge is 2.15. The summed E-state index contributed by atoms with van der Waals surface area (Å²) in [5.74, 6) is 0.560. The molecule has 2 N–H and O–H groups in total. The van der Waals surface area contributed by atoms with Crippen LogP contribution in [0.2, 0.25) is 0 Å². The molecule has 0 radical (unpaired) electrons. The molecule has 2 aromatic heterocycles. The smallest absolute Gasteiger partial charge is 0.130 e. The van der Waals surface area contributed by atoms with E-state index in [4.69, 9.17) is 11.0 Å². The summed E-state index contributed by atoms with van der Waals surface area (Å²) in [6.07, 6.45) is 0.964. The van der Waals surface area contributed by atoms with Crippen LogP contribution in [0.1, 0.15) is 30.0 Å². The highest BCUT2D eigenvalue weighted by atomic mass is 32.1. The highest BCUT2D eigenvalue weighted by Crippen LogP contribution is 2.35. The molecule has 0 bridgehead atoms. The normalized spacial score (nSPS) is 11.0. The summed E-state index contributed by atoms with van der Waals surface area (Å²) in [7, 11) is 0. The van der Waals surface area contributed by atoms with E-state index in [1.807, 2.05) is 6.92 Å². The third-order valence-corrected chi connectivity index (χ3v) is 3.64. The fraction of sp³-hybridized carbons (Fsp3) is 0.385. The van der Waals surface area contributed by atoms with Crippen LogP contribution in [0, 0.1) is 24.2 Å². The lowest BCUT2D eigenvalue weighted by Gasteiger charge is -2.08. The Morgan fingerprint density at radius 2 is 2.24 bits per heavy atom. The Morgan fingerprint density at radius 3 is 2.82 bits per heavy atom. The number of pyridine rings is 1. The number of nitriles is 1. The molecular formula is C13H15N3S. The molecule has 3 nitrogen and oxygen atoms in total. The number of nitrogens with zero attached hydrogens (tertiary/aromatic N) is 2. The van der Waals surface area contributed by atoms with E-state index in [-0.39, 0.29) is 0 Å². The van der Waals surface area contributed by atoms with Gasteiger partial charge in [0.05, 0.1) is 5.69 Å². The molecule has 0 aliphatic heterocycles. The first-order chi connectivity index (χ1) is 8.02. The first-order valence-corrected chi connectivity index (χ1v) is 6.43. The van der Waals surface area contributed by atoms with Crippen molar-refractivity contribution >= 4 is 27.2 Å². The number of hydrogen-bond acceptors (Lipinski definition) is 4. The number of aryl methyl sites for hydroxylation is 1. The van der Waals surface area contributed by atoms with E-state index in [0.717, 1.165) is 22.3 Å². The van der Waals surface area contributed by atoms with Gasteiger partial charge in [-0.1, -0.05) is 13.8 Å². The molecule has 0 aliphatic carbocycles. The topological polar surface area (TPSA) is 62.7 Å². The maximum absolute atomic E-state index is 9.01. The Labute approximate surface area is 105 Å². The van der Waals surface area contributed by atoms with E-state index in [0.29, 0.717) is 16.5 Å². The van der Waals surface area contributed by atoms with Crippen LogP contribution < -0.4 is 5.73 Å². The zero-order valence-corrected chi connectivity index (χ0v) is 11.1. The lowest BCUT2D eigenvalue weighted by Crippen LogP contribution is -1.98. The first kappa shape index (κ1) is 11.9. The van der Waals surface area contributed by atoms with Gasteiger partial charge in [0.1, 0.15) is 15.8 Å². The quantitative estimate of drug-likeness (QED) is 0.883. The Kier molecular flexibility index (Phi) is 3.03. The number of nitrogen functional groups attached to an aromatic ring is 1. The molecule has 88 valence electrons. The second-order valence-corrected chi connectivity index (χ2v) is 5.66. The summed E-state index contributed by atoms with van der Waals surface area (Å²) >= 11 is 1.38. The zero-order valence-electron chi connectivity index (χ0n) is 10.2. The molecule has 4 heteroatoms. The SMILES string of the molecule is Cc1cc(CC(C)C)c2c(N)c(C#N)sc2n1. The second kappa shape index (κ2) is 4.34. The molecule has 17 heavy (non-hydrogen) atoms. The van der Waals surface area contributed by atoms with Gasteiger partial charge in [-0.25, -0.2) is 4.98 Å². The van der Waals surface area contributed by atoms with E-state index in [9.17, 15) is 0 Å². The highest BCUT2D eigenvalue weighted by molar-refractivity contribution is 7.19. The molecule has 0 fully saturated rings. The summed E-state index contributed by atoms with van der Waals surface area (Å²) in [5.41, 5.74) is 8.81. The number of thiophene rings is 1. The molecule has 0 saturated carbocycles. The van der Waals surface area contributed by atoms with E-state index in [1.165, 1.54) is 16.9 Å². The van der Waals surface area contributed by atoms with Gasteiger partial charge in [0.25, 0.3) is 0 Å². The molecule has 0 aliphatic rings. The summed E-state index contributed by atoms with van der Waals surface area (Å²) < 4.78 is 0. The lowest BCUT2D eigenvalue weighted by atomic mass is 10.00. The number of aromatic nitrogens is 1. The van der Waals surface area contributed by atoms with Crippen molar-refractivity contribution in [2.75, 3.05) is 5.73 Å². The minimum atomic E-state index is 0.560. The van der Waals surface area contributed by atoms with Crippen molar-refractivity contribution in [2.45, 2.75) is 27.2 Å². The maximum atomic E-state index is 9.01. The van der Waals surface area contributed by atoms with Gasteiger partial charge in [0.2, 0.25) is 0 Å². The Bertz CT molecular complexity index is 605. The van der Waals surface area contributed by atoms with Gasteiger partial charge in [-0.3, -0.25) is 0 Å². The minimum absolute atomic E-state index is 0.560. The predicted octanol–water partition coefficient (Wildman–Crippen LogP) is 3.26. The first-order valence-electron chi connectivity index (χ1n) is 5.61. The molecule has 2 rings (SSSR count). The number of anilines is 1. The molecule has 0 aromatic carbocycles. The number of hydrogen-bond donors (Lipinski definition) is 1. The van der Waals surface area contributed by atoms with Crippen molar-refractivity contribution in [1.29, 1.82) is 5.26 Å². The van der Waals surface area contributed by atoms with Gasteiger partial charge in [0, 0.05) is 11.1 Å². The van der Waals surface area contributed by atoms with Crippen molar-refractivity contribution in [3.63, 3.8) is 0 Å². The fourth-order valence-electron chi connectivity index (χ4n) is 2.02. The standard InChI is InChI=1S/C13H15N3S/c1-7(2)4-9-5-8(3)16-13-11(9)12(15)10(6-14)17-13/h5,7H,4,15H2,1-3H3. The van der Waals surface area contributed by atoms with Crippen LogP contribution >= 0.6 is 11.3 Å². The maximum Gasteiger partial charge on any atom is 0.130 e. The van der Waals surface area contributed by atoms with E-state index in [2.05, 4.69) is 31.0 Å². The van der Waals surface area contributed by atoms with Crippen LogP contribution in [-0.4, -0.2) is 4.98 Å². The van der Waals surface area contributed by atoms with Gasteiger partial charge in [-0.15, -0.1) is 11.3 Å². The Hall–Kier alpha value is -1.60. The van der Waals surface area contributed by atoms with E-state index >= 15 is 0 Å². The average molecular weight is 245 g/mol. The third-order valence-electron chi connectivity index (χ3n) is 2.64. The number of fused-ring (bicyclic) bond motifs is 1. The summed E-state index contributed by atoms with van der Waals surface area (Å²) in [6.45, 7) is 6.33. The van der Waals surface area contributed by atoms with Crippen LogP contribution in [0.25, 0.3) is 10.2 Å². The summed E-state index contributed by atoms with van der Waals surface area (Å²) in [6, 6.07) is 4.21. The van der Waals surface area contributed by atoms with Crippen molar-refractivity contribution in [1.82, 2.24) is 4.98 Å². The van der Waals surface area contributed by atoms with Gasteiger partial charge < -0.3 is 5.73 Å². The molecule has 0 amide bonds. The largest absolute Gasteiger partial charge is 0.396 e. The minimum Gasteiger partial charge on any atom is -0.396 e. The lowest BCUT2D eigenvalue weighted by molar-refractivity contribution is 0.649. The summed E-state index contributed by atoms with van der Waals surface area (Å²) in [5, 5.41) is 9.99. The van der Waals surface area contributed by atoms with Gasteiger partial charge >= 0.3 is 0 Å². The monoisotopic (exact) mass is 245 g/mol. The van der Waals surface area contributed by atoms with Crippen molar-refractivity contribution in [3.05, 3.63) is 22.2 Å². The van der Waals surface area contributed by atoms with Gasteiger partial charge in [-0.05, 0) is 30.9 Å². The van der Waals surface area contributed by atoms with Crippen molar-refractivity contribution < 1.29 is 0 Å². The van der Waals surface area contributed by atoms with Crippen LogP contribution in [0.4, 0.5) is 5.69 Å². The van der Waals surface area contributed by atoms with Crippen molar-refractivity contribution in [2.24, 2.45) is 5.92 Å². The molecule has 2 aromatic rings. The molecule has 0 spiro atoms. The predicted molar refractivity (Wildman–Crippen MR) is 72.0 cm³/mol. The molecule has 0 atom stereocenters. The second-order valence-electron chi connectivity index (χ2n) is 4.66. The van der Waals surface area contributed by atoms with Crippen LogP contribution in [0.3, 0.4) is 0 Å². The molecule has 0 unspecified atom stereocenters. The molecule has 0 saturated heterocycles. The molecular weight excluding hydrogens is 230 g/mol. The average Bonchev–Trinajstić information content (AvgIpc) is 2.54. The van der Waals surface area contributed by atoms with Crippen molar-refractivity contribution in [3.8, 4) is 6.07 Å². The Balaban J connectivity index is 2.73. The van der Waals surface area contributed by atoms with Crippen LogP contribution in [-0.2, 0) is 6.42 Å². The third kappa shape index (κ3) is 2.11. The van der Waals surface area contributed by atoms with Gasteiger partial charge in [0.15, 0.2) is 0 Å². The zero-order chi connectivity index (χ0) is 12.6. The summed E-state index contributed by atoms with van der Waals surface area (Å²) in [4.78, 5) is 5.92. The van der Waals surface area contributed by atoms with Crippen LogP contribution in [0.5, 0.6) is 0 Å². The fourth-order valence-corrected chi connectivity index (χ4v) is 3.00.